The molecule has 4 aromatic rings. The molecule has 0 saturated heterocycles. The van der Waals surface area contributed by atoms with Gasteiger partial charge in [-0.05, 0) is 35.9 Å². The first-order valence-electron chi connectivity index (χ1n) is 8.78. The second-order valence-electron chi connectivity index (χ2n) is 6.29. The third kappa shape index (κ3) is 4.13. The molecule has 29 heavy (non-hydrogen) atoms. The van der Waals surface area contributed by atoms with Gasteiger partial charge in [0.1, 0.15) is 30.9 Å². The van der Waals surface area contributed by atoms with E-state index in [4.69, 9.17) is 10.6 Å². The minimum Gasteiger partial charge on any atom is -0.399 e. The summed E-state index contributed by atoms with van der Waals surface area (Å²) in [5.74, 6) is 0.528. The van der Waals surface area contributed by atoms with E-state index < -0.39 is 0 Å². The molecule has 0 aliphatic carbocycles. The zero-order chi connectivity index (χ0) is 20.2. The lowest BCUT2D eigenvalue weighted by Gasteiger charge is -2.09. The van der Waals surface area contributed by atoms with Crippen molar-refractivity contribution in [3.8, 4) is 0 Å². The van der Waals surface area contributed by atoms with Crippen molar-refractivity contribution in [2.75, 3.05) is 18.2 Å². The first-order valence-corrected chi connectivity index (χ1v) is 8.78. The highest BCUT2D eigenvalue weighted by Gasteiger charge is 2.09. The van der Waals surface area contributed by atoms with Gasteiger partial charge in [-0.1, -0.05) is 17.3 Å². The lowest BCUT2D eigenvalue weighted by atomic mass is 10.2. The second kappa shape index (κ2) is 7.93. The lowest BCUT2D eigenvalue weighted by molar-refractivity contribution is 0.215. The Morgan fingerprint density at radius 1 is 1.24 bits per heavy atom. The van der Waals surface area contributed by atoms with E-state index in [0.29, 0.717) is 17.9 Å². The Morgan fingerprint density at radius 3 is 2.97 bits per heavy atom. The maximum atomic E-state index is 13.4. The molecule has 2 aromatic carbocycles. The van der Waals surface area contributed by atoms with Gasteiger partial charge in [0, 0.05) is 17.3 Å². The fourth-order valence-corrected chi connectivity index (χ4v) is 2.94. The molecule has 0 spiro atoms. The van der Waals surface area contributed by atoms with Gasteiger partial charge in [0.15, 0.2) is 0 Å². The molecule has 0 aliphatic heterocycles. The fourth-order valence-electron chi connectivity index (χ4n) is 2.94. The van der Waals surface area contributed by atoms with E-state index >= 15 is 0 Å². The number of fused-ring (bicyclic) bond motifs is 1. The van der Waals surface area contributed by atoms with Crippen LogP contribution < -0.4 is 11.1 Å². The fraction of sp³-hybridized carbons (Fsp3) is 0.100. The molecule has 0 saturated carbocycles. The molecule has 8 nitrogen and oxygen atoms in total. The largest absolute Gasteiger partial charge is 0.399 e. The van der Waals surface area contributed by atoms with Gasteiger partial charge in [-0.3, -0.25) is 4.68 Å². The van der Waals surface area contributed by atoms with Crippen molar-refractivity contribution < 1.29 is 9.23 Å². The standard InChI is InChI=1S/C20H18FN7O/c1-29-25-9-17-19(22)23-12-24-20(17)26-16-5-6-18-14(8-16)11-28(27-18)10-13-3-2-4-15(21)7-13/h2-9,11-12H,10H2,1H3,(H3,22,23,24,26). The summed E-state index contributed by atoms with van der Waals surface area (Å²) in [6.07, 6.45) is 4.73. The van der Waals surface area contributed by atoms with Crippen molar-refractivity contribution in [3.05, 3.63) is 71.9 Å². The van der Waals surface area contributed by atoms with Gasteiger partial charge in [-0.25, -0.2) is 14.4 Å². The van der Waals surface area contributed by atoms with Crippen LogP contribution in [0, 0.1) is 5.82 Å². The first kappa shape index (κ1) is 18.4. The van der Waals surface area contributed by atoms with E-state index in [1.165, 1.54) is 31.8 Å². The van der Waals surface area contributed by atoms with Crippen molar-refractivity contribution in [2.24, 2.45) is 5.16 Å². The molecule has 0 bridgehead atoms. The minimum atomic E-state index is -0.261. The molecule has 2 heterocycles. The molecule has 0 radical (unpaired) electrons. The molecule has 2 aromatic heterocycles. The topological polar surface area (TPSA) is 103 Å². The summed E-state index contributed by atoms with van der Waals surface area (Å²) in [5.41, 5.74) is 8.91. The van der Waals surface area contributed by atoms with Crippen molar-refractivity contribution in [3.63, 3.8) is 0 Å². The molecule has 0 aliphatic rings. The molecule has 4 rings (SSSR count). The number of halogens is 1. The van der Waals surface area contributed by atoms with Crippen LogP contribution in [0.3, 0.4) is 0 Å². The van der Waals surface area contributed by atoms with Crippen LogP contribution in [0.4, 0.5) is 21.7 Å². The number of rotatable bonds is 6. The van der Waals surface area contributed by atoms with Gasteiger partial charge in [-0.15, -0.1) is 0 Å². The predicted molar refractivity (Wildman–Crippen MR) is 110 cm³/mol. The number of nitrogens with zero attached hydrogens (tertiary/aromatic N) is 5. The highest BCUT2D eigenvalue weighted by atomic mass is 19.1. The Kier molecular flexibility index (Phi) is 5.02. The summed E-state index contributed by atoms with van der Waals surface area (Å²) in [5, 5.41) is 12.4. The van der Waals surface area contributed by atoms with Gasteiger partial charge in [0.2, 0.25) is 0 Å². The van der Waals surface area contributed by atoms with Crippen molar-refractivity contribution in [1.82, 2.24) is 19.7 Å². The van der Waals surface area contributed by atoms with E-state index in [1.54, 1.807) is 10.7 Å². The number of anilines is 3. The Hall–Kier alpha value is -4.01. The molecule has 0 amide bonds. The Morgan fingerprint density at radius 2 is 2.14 bits per heavy atom. The summed E-state index contributed by atoms with van der Waals surface area (Å²) in [6.45, 7) is 0.481. The summed E-state index contributed by atoms with van der Waals surface area (Å²) < 4.78 is 15.2. The number of nitrogens with one attached hydrogen (secondary N) is 1. The Bertz CT molecular complexity index is 1190. The van der Waals surface area contributed by atoms with Gasteiger partial charge >= 0.3 is 0 Å². The van der Waals surface area contributed by atoms with Gasteiger partial charge in [0.05, 0.1) is 23.8 Å². The molecular formula is C20H18FN7O. The maximum absolute atomic E-state index is 13.4. The lowest BCUT2D eigenvalue weighted by Crippen LogP contribution is -2.04. The predicted octanol–water partition coefficient (Wildman–Crippen LogP) is 3.32. The summed E-state index contributed by atoms with van der Waals surface area (Å²) in [7, 11) is 1.44. The quantitative estimate of drug-likeness (QED) is 0.386. The minimum absolute atomic E-state index is 0.261. The van der Waals surface area contributed by atoms with Gasteiger partial charge in [0.25, 0.3) is 0 Å². The monoisotopic (exact) mass is 391 g/mol. The van der Waals surface area contributed by atoms with E-state index in [0.717, 1.165) is 22.2 Å². The summed E-state index contributed by atoms with van der Waals surface area (Å²) in [4.78, 5) is 12.9. The van der Waals surface area contributed by atoms with Crippen LogP contribution in [0.1, 0.15) is 11.1 Å². The second-order valence-corrected chi connectivity index (χ2v) is 6.29. The average molecular weight is 391 g/mol. The number of hydrogen-bond acceptors (Lipinski definition) is 7. The SMILES string of the molecule is CON=Cc1c(N)ncnc1Nc1ccc2nn(Cc3cccc(F)c3)cc2c1. The Labute approximate surface area is 165 Å². The molecule has 9 heteroatoms. The Balaban J connectivity index is 1.60. The number of benzene rings is 2. The molecule has 0 unspecified atom stereocenters. The van der Waals surface area contributed by atoms with E-state index in [2.05, 4.69) is 25.5 Å². The molecule has 146 valence electrons. The summed E-state index contributed by atoms with van der Waals surface area (Å²) in [6, 6.07) is 12.2. The van der Waals surface area contributed by atoms with Crippen LogP contribution >= 0.6 is 0 Å². The van der Waals surface area contributed by atoms with Crippen molar-refractivity contribution in [2.45, 2.75) is 6.54 Å². The number of oxime groups is 1. The van der Waals surface area contributed by atoms with Crippen molar-refractivity contribution >= 4 is 34.4 Å². The first-order chi connectivity index (χ1) is 14.1. The maximum Gasteiger partial charge on any atom is 0.144 e. The van der Waals surface area contributed by atoms with Crippen LogP contribution in [-0.4, -0.2) is 33.1 Å². The molecular weight excluding hydrogens is 373 g/mol. The normalized spacial score (nSPS) is 11.2. The summed E-state index contributed by atoms with van der Waals surface area (Å²) >= 11 is 0. The molecule has 0 fully saturated rings. The van der Waals surface area contributed by atoms with Crippen LogP contribution in [-0.2, 0) is 11.4 Å². The van der Waals surface area contributed by atoms with Crippen molar-refractivity contribution in [1.29, 1.82) is 0 Å². The van der Waals surface area contributed by atoms with E-state index in [9.17, 15) is 4.39 Å². The van der Waals surface area contributed by atoms with Crippen LogP contribution in [0.5, 0.6) is 0 Å². The highest BCUT2D eigenvalue weighted by Crippen LogP contribution is 2.24. The third-order valence-electron chi connectivity index (χ3n) is 4.25. The van der Waals surface area contributed by atoms with E-state index in [1.807, 2.05) is 30.5 Å². The van der Waals surface area contributed by atoms with Gasteiger partial charge < -0.3 is 15.9 Å². The smallest absolute Gasteiger partial charge is 0.144 e. The number of nitrogen functional groups attached to an aromatic ring is 1. The highest BCUT2D eigenvalue weighted by molar-refractivity contribution is 5.93. The van der Waals surface area contributed by atoms with Crippen LogP contribution in [0.25, 0.3) is 10.9 Å². The number of nitrogens with two attached hydrogens (primary N) is 1. The van der Waals surface area contributed by atoms with Gasteiger partial charge in [-0.2, -0.15) is 5.10 Å². The van der Waals surface area contributed by atoms with E-state index in [-0.39, 0.29) is 11.6 Å². The van der Waals surface area contributed by atoms with Crippen LogP contribution in [0.2, 0.25) is 0 Å². The molecule has 0 atom stereocenters. The average Bonchev–Trinajstić information content (AvgIpc) is 3.09. The number of aromatic nitrogens is 4. The third-order valence-corrected chi connectivity index (χ3v) is 4.25. The number of hydrogen-bond donors (Lipinski definition) is 2. The zero-order valence-corrected chi connectivity index (χ0v) is 15.6. The zero-order valence-electron chi connectivity index (χ0n) is 15.6. The van der Waals surface area contributed by atoms with Crippen LogP contribution in [0.15, 0.2) is 60.1 Å². The molecule has 3 N–H and O–H groups in total.